The molecule has 2 heterocycles. The van der Waals surface area contributed by atoms with E-state index in [-0.39, 0.29) is 12.7 Å². The molecule has 0 aliphatic carbocycles. The third-order valence-corrected chi connectivity index (χ3v) is 3.25. The van der Waals surface area contributed by atoms with E-state index in [1.54, 1.807) is 37.6 Å². The first-order valence-electron chi connectivity index (χ1n) is 7.02. The fourth-order valence-corrected chi connectivity index (χ4v) is 2.08. The molecule has 0 spiro atoms. The number of hydrogen-bond donors (Lipinski definition) is 1. The van der Waals surface area contributed by atoms with Gasteiger partial charge in [0.25, 0.3) is 5.91 Å². The average molecular weight is 303 g/mol. The topological polar surface area (TPSA) is 74.6 Å². The van der Waals surface area contributed by atoms with Gasteiger partial charge in [0.2, 0.25) is 6.79 Å². The zero-order chi connectivity index (χ0) is 15.4. The van der Waals surface area contributed by atoms with E-state index in [9.17, 15) is 4.79 Å². The van der Waals surface area contributed by atoms with Crippen LogP contribution in [0.15, 0.2) is 36.9 Å². The highest BCUT2D eigenvalue weighted by Crippen LogP contribution is 2.35. The summed E-state index contributed by atoms with van der Waals surface area (Å²) in [5.41, 5.74) is 0. The molecule has 2 aromatic rings. The second kappa shape index (κ2) is 6.38. The number of fused-ring (bicyclic) bond motifs is 1. The van der Waals surface area contributed by atoms with Gasteiger partial charge in [-0.15, -0.1) is 0 Å². The van der Waals surface area contributed by atoms with Gasteiger partial charge in [-0.25, -0.2) is 4.98 Å². The van der Waals surface area contributed by atoms with Crippen molar-refractivity contribution in [3.8, 4) is 17.2 Å². The predicted molar refractivity (Wildman–Crippen MR) is 77.9 cm³/mol. The zero-order valence-corrected chi connectivity index (χ0v) is 12.2. The molecular weight excluding hydrogens is 286 g/mol. The molecule has 0 saturated heterocycles. The van der Waals surface area contributed by atoms with Gasteiger partial charge in [-0.05, 0) is 19.1 Å². The highest BCUT2D eigenvalue weighted by molar-refractivity contribution is 5.80. The number of benzene rings is 1. The van der Waals surface area contributed by atoms with Crippen molar-refractivity contribution in [2.75, 3.05) is 13.3 Å². The van der Waals surface area contributed by atoms with Gasteiger partial charge in [-0.2, -0.15) is 0 Å². The third-order valence-electron chi connectivity index (χ3n) is 3.25. The van der Waals surface area contributed by atoms with Crippen LogP contribution in [0, 0.1) is 0 Å². The average Bonchev–Trinajstić information content (AvgIpc) is 3.17. The molecule has 0 fully saturated rings. The molecular formula is C15H17N3O4. The fraction of sp³-hybridized carbons (Fsp3) is 0.333. The van der Waals surface area contributed by atoms with Gasteiger partial charge in [0, 0.05) is 31.5 Å². The van der Waals surface area contributed by atoms with Gasteiger partial charge in [0.1, 0.15) is 5.75 Å². The molecule has 1 aromatic heterocycles. The second-order valence-corrected chi connectivity index (χ2v) is 4.87. The second-order valence-electron chi connectivity index (χ2n) is 4.87. The van der Waals surface area contributed by atoms with E-state index in [4.69, 9.17) is 14.2 Å². The van der Waals surface area contributed by atoms with Crippen molar-refractivity contribution < 1.29 is 19.0 Å². The summed E-state index contributed by atoms with van der Waals surface area (Å²) in [4.78, 5) is 15.9. The van der Waals surface area contributed by atoms with Crippen LogP contribution in [0.4, 0.5) is 0 Å². The van der Waals surface area contributed by atoms with Crippen molar-refractivity contribution in [1.82, 2.24) is 14.9 Å². The Morgan fingerprint density at radius 2 is 2.32 bits per heavy atom. The lowest BCUT2D eigenvalue weighted by molar-refractivity contribution is -0.127. The molecule has 1 atom stereocenters. The van der Waals surface area contributed by atoms with Gasteiger partial charge in [-0.3, -0.25) is 4.79 Å². The molecule has 0 radical (unpaired) electrons. The molecule has 1 aromatic carbocycles. The first kappa shape index (κ1) is 14.2. The Balaban J connectivity index is 1.48. The van der Waals surface area contributed by atoms with E-state index in [2.05, 4.69) is 10.3 Å². The highest BCUT2D eigenvalue weighted by Gasteiger charge is 2.17. The molecule has 7 heteroatoms. The summed E-state index contributed by atoms with van der Waals surface area (Å²) >= 11 is 0. The number of rotatable bonds is 6. The molecule has 1 N–H and O–H groups in total. The van der Waals surface area contributed by atoms with E-state index in [0.29, 0.717) is 30.3 Å². The van der Waals surface area contributed by atoms with Crippen LogP contribution in [0.5, 0.6) is 17.2 Å². The van der Waals surface area contributed by atoms with Gasteiger partial charge in [0.15, 0.2) is 17.6 Å². The van der Waals surface area contributed by atoms with Crippen molar-refractivity contribution >= 4 is 5.91 Å². The minimum absolute atomic E-state index is 0.169. The molecule has 0 bridgehead atoms. The van der Waals surface area contributed by atoms with Gasteiger partial charge >= 0.3 is 0 Å². The standard InChI is InChI=1S/C15H17N3O4/c1-11(15(19)17-5-7-18-6-4-16-9-18)22-12-2-3-13-14(8-12)21-10-20-13/h2-4,6,8-9,11H,5,7,10H2,1H3,(H,17,19)/t11-/m0/s1. The molecule has 7 nitrogen and oxygen atoms in total. The smallest absolute Gasteiger partial charge is 0.260 e. The SMILES string of the molecule is C[C@H](Oc1ccc2c(c1)OCO2)C(=O)NCCn1ccnc1. The first-order chi connectivity index (χ1) is 10.7. The molecule has 1 aliphatic rings. The van der Waals surface area contributed by atoms with Crippen LogP contribution in [0.2, 0.25) is 0 Å². The zero-order valence-electron chi connectivity index (χ0n) is 12.2. The Bertz CT molecular complexity index is 642. The Kier molecular flexibility index (Phi) is 4.13. The van der Waals surface area contributed by atoms with Crippen LogP contribution in [0.1, 0.15) is 6.92 Å². The number of ether oxygens (including phenoxy) is 3. The van der Waals surface area contributed by atoms with E-state index in [1.165, 1.54) is 0 Å². The monoisotopic (exact) mass is 303 g/mol. The summed E-state index contributed by atoms with van der Waals surface area (Å²) in [6.45, 7) is 3.10. The van der Waals surface area contributed by atoms with Crippen molar-refractivity contribution in [2.45, 2.75) is 19.6 Å². The summed E-state index contributed by atoms with van der Waals surface area (Å²) in [7, 11) is 0. The minimum atomic E-state index is -0.594. The van der Waals surface area contributed by atoms with Crippen LogP contribution < -0.4 is 19.5 Å². The van der Waals surface area contributed by atoms with E-state index in [0.717, 1.165) is 0 Å². The minimum Gasteiger partial charge on any atom is -0.481 e. The normalized spacial score (nSPS) is 13.7. The van der Waals surface area contributed by atoms with Crippen LogP contribution in [-0.2, 0) is 11.3 Å². The van der Waals surface area contributed by atoms with Crippen LogP contribution in [-0.4, -0.2) is 34.9 Å². The third kappa shape index (κ3) is 3.30. The largest absolute Gasteiger partial charge is 0.481 e. The molecule has 1 aliphatic heterocycles. The Morgan fingerprint density at radius 3 is 3.14 bits per heavy atom. The van der Waals surface area contributed by atoms with Crippen LogP contribution in [0.25, 0.3) is 0 Å². The maximum atomic E-state index is 12.0. The number of nitrogens with one attached hydrogen (secondary N) is 1. The maximum absolute atomic E-state index is 12.0. The van der Waals surface area contributed by atoms with Gasteiger partial charge in [0.05, 0.1) is 6.33 Å². The number of carbonyl (C=O) groups is 1. The van der Waals surface area contributed by atoms with Crippen molar-refractivity contribution in [3.63, 3.8) is 0 Å². The number of nitrogens with zero attached hydrogens (tertiary/aromatic N) is 2. The Morgan fingerprint density at radius 1 is 1.45 bits per heavy atom. The molecule has 22 heavy (non-hydrogen) atoms. The van der Waals surface area contributed by atoms with Gasteiger partial charge < -0.3 is 24.1 Å². The molecule has 0 unspecified atom stereocenters. The summed E-state index contributed by atoms with van der Waals surface area (Å²) < 4.78 is 18.0. The molecule has 3 rings (SSSR count). The summed E-state index contributed by atoms with van der Waals surface area (Å²) in [6.07, 6.45) is 4.66. The summed E-state index contributed by atoms with van der Waals surface area (Å²) in [5, 5.41) is 2.82. The van der Waals surface area contributed by atoms with Crippen LogP contribution in [0.3, 0.4) is 0 Å². The van der Waals surface area contributed by atoms with Crippen LogP contribution >= 0.6 is 0 Å². The summed E-state index contributed by atoms with van der Waals surface area (Å²) in [5.74, 6) is 1.72. The number of aromatic nitrogens is 2. The lowest BCUT2D eigenvalue weighted by Crippen LogP contribution is -2.37. The quantitative estimate of drug-likeness (QED) is 0.868. The lowest BCUT2D eigenvalue weighted by atomic mass is 10.3. The van der Waals surface area contributed by atoms with Crippen molar-refractivity contribution in [2.24, 2.45) is 0 Å². The maximum Gasteiger partial charge on any atom is 0.260 e. The molecule has 1 amide bonds. The molecule has 116 valence electrons. The number of hydrogen-bond acceptors (Lipinski definition) is 5. The predicted octanol–water partition coefficient (Wildman–Crippen LogP) is 1.20. The first-order valence-corrected chi connectivity index (χ1v) is 7.02. The number of imidazole rings is 1. The number of carbonyl (C=O) groups excluding carboxylic acids is 1. The Hall–Kier alpha value is -2.70. The van der Waals surface area contributed by atoms with Crippen molar-refractivity contribution in [1.29, 1.82) is 0 Å². The lowest BCUT2D eigenvalue weighted by Gasteiger charge is -2.15. The van der Waals surface area contributed by atoms with Crippen molar-refractivity contribution in [3.05, 3.63) is 36.9 Å². The van der Waals surface area contributed by atoms with E-state index >= 15 is 0 Å². The number of amides is 1. The van der Waals surface area contributed by atoms with Gasteiger partial charge in [-0.1, -0.05) is 0 Å². The fourth-order valence-electron chi connectivity index (χ4n) is 2.08. The van der Waals surface area contributed by atoms with E-state index < -0.39 is 6.10 Å². The molecule has 0 saturated carbocycles. The Labute approximate surface area is 127 Å². The summed E-state index contributed by atoms with van der Waals surface area (Å²) in [6, 6.07) is 5.24. The highest BCUT2D eigenvalue weighted by atomic mass is 16.7. The van der Waals surface area contributed by atoms with E-state index in [1.807, 2.05) is 10.8 Å².